The summed E-state index contributed by atoms with van der Waals surface area (Å²) in [6.45, 7) is 31.8. The van der Waals surface area contributed by atoms with Crippen LogP contribution in [0.15, 0.2) is 61.1 Å². The molecule has 0 bridgehead atoms. The lowest BCUT2D eigenvalue weighted by atomic mass is 10.3. The molecule has 0 saturated heterocycles. The van der Waals surface area contributed by atoms with E-state index in [0.29, 0.717) is 0 Å². The number of ether oxygens (including phenoxy) is 1. The summed E-state index contributed by atoms with van der Waals surface area (Å²) < 4.78 is 5.57. The van der Waals surface area contributed by atoms with Crippen molar-refractivity contribution < 1.29 is 4.74 Å². The zero-order valence-corrected chi connectivity index (χ0v) is 20.4. The average Bonchev–Trinajstić information content (AvgIpc) is 2.68. The summed E-state index contributed by atoms with van der Waals surface area (Å²) in [5, 5.41) is 0. The predicted molar refractivity (Wildman–Crippen MR) is 129 cm³/mol. The SMILES string of the molecule is C=C/C=C(\C=C/C)O/C(C=C)=C/CC.CC.CC.CC.CCC.CCC. The van der Waals surface area contributed by atoms with E-state index in [4.69, 9.17) is 4.74 Å². The monoisotopic (exact) mass is 368 g/mol. The lowest BCUT2D eigenvalue weighted by Gasteiger charge is -2.06. The molecular formula is C25H52O. The molecule has 0 amide bonds. The first kappa shape index (κ1) is 39.5. The van der Waals surface area contributed by atoms with Gasteiger partial charge in [-0.15, -0.1) is 0 Å². The summed E-state index contributed by atoms with van der Waals surface area (Å²) in [5.41, 5.74) is 0. The van der Waals surface area contributed by atoms with Gasteiger partial charge in [0, 0.05) is 0 Å². The van der Waals surface area contributed by atoms with Crippen LogP contribution < -0.4 is 0 Å². The van der Waals surface area contributed by atoms with Crippen LogP contribution in [0, 0.1) is 0 Å². The van der Waals surface area contributed by atoms with Crippen LogP contribution in [0.1, 0.15) is 102 Å². The summed E-state index contributed by atoms with van der Waals surface area (Å²) in [7, 11) is 0. The molecule has 0 atom stereocenters. The second-order valence-corrected chi connectivity index (χ2v) is 4.04. The van der Waals surface area contributed by atoms with Gasteiger partial charge in [0.25, 0.3) is 0 Å². The van der Waals surface area contributed by atoms with E-state index in [2.05, 4.69) is 47.8 Å². The van der Waals surface area contributed by atoms with E-state index in [1.165, 1.54) is 12.8 Å². The van der Waals surface area contributed by atoms with Gasteiger partial charge in [0.1, 0.15) is 11.5 Å². The van der Waals surface area contributed by atoms with Crippen molar-refractivity contribution in [3.8, 4) is 0 Å². The Labute approximate surface area is 168 Å². The van der Waals surface area contributed by atoms with Crippen molar-refractivity contribution in [3.05, 3.63) is 61.1 Å². The Morgan fingerprint density at radius 2 is 1.15 bits per heavy atom. The summed E-state index contributed by atoms with van der Waals surface area (Å²) in [6.07, 6.45) is 14.4. The van der Waals surface area contributed by atoms with Crippen molar-refractivity contribution in [1.82, 2.24) is 0 Å². The van der Waals surface area contributed by atoms with Crippen LogP contribution in [0.3, 0.4) is 0 Å². The molecule has 0 saturated carbocycles. The Balaban J connectivity index is -0.0000000691. The number of rotatable bonds is 6. The molecule has 26 heavy (non-hydrogen) atoms. The molecule has 1 heteroatoms. The zero-order chi connectivity index (χ0) is 22.2. The standard InChI is InChI=1S/C13H18O.2C3H8.3C2H6/c1-5-9-12(8-4)14-13(10-6-2)11-7-3;2*1-3-2;3*1-2/h6-11H,2,4-5H2,1,3H3;2*3H2,1-2H3;3*1-2H3/b11-7-,12-9+,13-10+;;;;;. The van der Waals surface area contributed by atoms with Gasteiger partial charge < -0.3 is 4.74 Å². The van der Waals surface area contributed by atoms with Gasteiger partial charge in [-0.1, -0.05) is 114 Å². The molecule has 0 aromatic carbocycles. The van der Waals surface area contributed by atoms with Crippen molar-refractivity contribution in [1.29, 1.82) is 0 Å². The predicted octanol–water partition coefficient (Wildman–Crippen LogP) is 10.0. The molecule has 0 N–H and O–H groups in total. The zero-order valence-electron chi connectivity index (χ0n) is 20.4. The molecule has 0 heterocycles. The Kier molecular flexibility index (Phi) is 86.0. The fourth-order valence-electron chi connectivity index (χ4n) is 0.908. The highest BCUT2D eigenvalue weighted by Crippen LogP contribution is 2.10. The van der Waals surface area contributed by atoms with E-state index in [-0.39, 0.29) is 0 Å². The molecule has 1 nitrogen and oxygen atoms in total. The van der Waals surface area contributed by atoms with Gasteiger partial charge in [-0.3, -0.25) is 0 Å². The molecule has 0 aliphatic rings. The highest BCUT2D eigenvalue weighted by atomic mass is 16.5. The first-order valence-corrected chi connectivity index (χ1v) is 10.6. The second kappa shape index (κ2) is 56.6. The Hall–Kier alpha value is -1.50. The quantitative estimate of drug-likeness (QED) is 0.334. The molecule has 0 aromatic rings. The van der Waals surface area contributed by atoms with E-state index < -0.39 is 0 Å². The minimum absolute atomic E-state index is 0.766. The molecule has 0 aromatic heterocycles. The van der Waals surface area contributed by atoms with E-state index in [9.17, 15) is 0 Å². The Morgan fingerprint density at radius 3 is 1.38 bits per heavy atom. The summed E-state index contributed by atoms with van der Waals surface area (Å²) >= 11 is 0. The molecule has 0 radical (unpaired) electrons. The Morgan fingerprint density at radius 1 is 0.769 bits per heavy atom. The van der Waals surface area contributed by atoms with E-state index in [1.54, 1.807) is 12.2 Å². The van der Waals surface area contributed by atoms with Crippen molar-refractivity contribution in [2.24, 2.45) is 0 Å². The third kappa shape index (κ3) is 57.1. The van der Waals surface area contributed by atoms with Gasteiger partial charge in [0.15, 0.2) is 0 Å². The van der Waals surface area contributed by atoms with Gasteiger partial charge >= 0.3 is 0 Å². The van der Waals surface area contributed by atoms with Gasteiger partial charge in [-0.25, -0.2) is 0 Å². The summed E-state index contributed by atoms with van der Waals surface area (Å²) in [6, 6.07) is 0. The molecule has 158 valence electrons. The summed E-state index contributed by atoms with van der Waals surface area (Å²) in [4.78, 5) is 0. The van der Waals surface area contributed by atoms with Crippen molar-refractivity contribution in [2.75, 3.05) is 0 Å². The van der Waals surface area contributed by atoms with Crippen LogP contribution in [0.4, 0.5) is 0 Å². The van der Waals surface area contributed by atoms with Crippen LogP contribution in [-0.2, 0) is 4.74 Å². The van der Waals surface area contributed by atoms with Gasteiger partial charge in [-0.2, -0.15) is 0 Å². The van der Waals surface area contributed by atoms with E-state index >= 15 is 0 Å². The molecule has 0 aliphatic carbocycles. The minimum atomic E-state index is 0.766. The van der Waals surface area contributed by atoms with E-state index in [0.717, 1.165) is 17.9 Å². The van der Waals surface area contributed by atoms with Gasteiger partial charge in [-0.05, 0) is 37.6 Å². The summed E-state index contributed by atoms with van der Waals surface area (Å²) in [5.74, 6) is 1.54. The van der Waals surface area contributed by atoms with Crippen LogP contribution in [0.2, 0.25) is 0 Å². The van der Waals surface area contributed by atoms with Gasteiger partial charge in [0.2, 0.25) is 0 Å². The molecule has 0 aliphatic heterocycles. The van der Waals surface area contributed by atoms with Crippen molar-refractivity contribution in [3.63, 3.8) is 0 Å². The maximum absolute atomic E-state index is 5.57. The first-order chi connectivity index (χ1) is 12.6. The highest BCUT2D eigenvalue weighted by Gasteiger charge is 1.94. The average molecular weight is 369 g/mol. The Bertz CT molecular complexity index is 291. The molecule has 0 spiro atoms. The van der Waals surface area contributed by atoms with Crippen LogP contribution in [0.25, 0.3) is 0 Å². The molecule has 0 fully saturated rings. The van der Waals surface area contributed by atoms with Gasteiger partial charge in [0.05, 0.1) is 0 Å². The topological polar surface area (TPSA) is 9.23 Å². The third-order valence-electron chi connectivity index (χ3n) is 1.46. The minimum Gasteiger partial charge on any atom is -0.458 e. The second-order valence-electron chi connectivity index (χ2n) is 4.04. The first-order valence-electron chi connectivity index (χ1n) is 10.6. The smallest absolute Gasteiger partial charge is 0.127 e. The number of allylic oxidation sites excluding steroid dienone is 6. The maximum Gasteiger partial charge on any atom is 0.127 e. The van der Waals surface area contributed by atoms with Crippen LogP contribution in [-0.4, -0.2) is 0 Å². The molecule has 0 unspecified atom stereocenters. The lowest BCUT2D eigenvalue weighted by Crippen LogP contribution is -1.87. The third-order valence-corrected chi connectivity index (χ3v) is 1.46. The lowest BCUT2D eigenvalue weighted by molar-refractivity contribution is 0.335. The molecular weight excluding hydrogens is 316 g/mol. The highest BCUT2D eigenvalue weighted by molar-refractivity contribution is 5.21. The number of hydrogen-bond donors (Lipinski definition) is 0. The van der Waals surface area contributed by atoms with E-state index in [1.807, 2.05) is 72.8 Å². The largest absolute Gasteiger partial charge is 0.458 e. The molecule has 0 rings (SSSR count). The fraction of sp³-hybridized carbons (Fsp3) is 0.600. The number of hydrogen-bond acceptors (Lipinski definition) is 1. The van der Waals surface area contributed by atoms with Crippen molar-refractivity contribution >= 4 is 0 Å². The normalized spacial score (nSPS) is 9.08. The maximum atomic E-state index is 5.57. The van der Waals surface area contributed by atoms with Crippen molar-refractivity contribution in [2.45, 2.75) is 102 Å². The van der Waals surface area contributed by atoms with Crippen LogP contribution >= 0.6 is 0 Å². The fourth-order valence-corrected chi connectivity index (χ4v) is 0.908. The van der Waals surface area contributed by atoms with Crippen LogP contribution in [0.5, 0.6) is 0 Å².